The lowest BCUT2D eigenvalue weighted by Crippen LogP contribution is -2.51. The first-order chi connectivity index (χ1) is 8.65. The maximum Gasteiger partial charge on any atom is 0.230 e. The number of carbonyl (C=O) groups excluding carboxylic acids is 1. The molecule has 2 N–H and O–H groups in total. The largest absolute Gasteiger partial charge is 0.394 e. The molecule has 1 amide bonds. The Balaban J connectivity index is 2.32. The Labute approximate surface area is 117 Å². The number of hydrogen-bond acceptors (Lipinski definition) is 4. The molecule has 18 heavy (non-hydrogen) atoms. The van der Waals surface area contributed by atoms with Crippen molar-refractivity contribution in [1.82, 2.24) is 5.32 Å². The number of thioether (sulfide) groups is 1. The highest BCUT2D eigenvalue weighted by atomic mass is 32.2. The first-order valence-corrected chi connectivity index (χ1v) is 8.21. The SMILES string of the molecule is CCC(CC)(CO)NC(=O)CSCc1cccs1. The fourth-order valence-electron chi connectivity index (χ4n) is 1.66. The average molecular weight is 287 g/mol. The monoisotopic (exact) mass is 287 g/mol. The predicted molar refractivity (Wildman–Crippen MR) is 79.0 cm³/mol. The topological polar surface area (TPSA) is 49.3 Å². The van der Waals surface area contributed by atoms with Gasteiger partial charge in [0.2, 0.25) is 5.91 Å². The van der Waals surface area contributed by atoms with Crippen LogP contribution >= 0.6 is 23.1 Å². The molecule has 1 aromatic rings. The summed E-state index contributed by atoms with van der Waals surface area (Å²) in [4.78, 5) is 13.1. The maximum absolute atomic E-state index is 11.8. The maximum atomic E-state index is 11.8. The number of aliphatic hydroxyl groups excluding tert-OH is 1. The molecule has 1 aromatic heterocycles. The van der Waals surface area contributed by atoms with Gasteiger partial charge in [-0.25, -0.2) is 0 Å². The molecule has 0 aromatic carbocycles. The zero-order valence-electron chi connectivity index (χ0n) is 10.9. The van der Waals surface area contributed by atoms with Gasteiger partial charge in [-0.15, -0.1) is 23.1 Å². The summed E-state index contributed by atoms with van der Waals surface area (Å²) in [5.74, 6) is 1.32. The van der Waals surface area contributed by atoms with E-state index in [-0.39, 0.29) is 12.5 Å². The van der Waals surface area contributed by atoms with Gasteiger partial charge >= 0.3 is 0 Å². The van der Waals surface area contributed by atoms with E-state index >= 15 is 0 Å². The van der Waals surface area contributed by atoms with Crippen LogP contribution in [0.15, 0.2) is 17.5 Å². The van der Waals surface area contributed by atoms with Gasteiger partial charge in [-0.1, -0.05) is 19.9 Å². The van der Waals surface area contributed by atoms with E-state index in [0.717, 1.165) is 18.6 Å². The van der Waals surface area contributed by atoms with Crippen LogP contribution < -0.4 is 5.32 Å². The molecule has 0 saturated carbocycles. The van der Waals surface area contributed by atoms with E-state index < -0.39 is 5.54 Å². The van der Waals surface area contributed by atoms with Crippen LogP contribution in [0.2, 0.25) is 0 Å². The average Bonchev–Trinajstić information content (AvgIpc) is 2.89. The van der Waals surface area contributed by atoms with E-state index in [1.54, 1.807) is 23.1 Å². The first-order valence-electron chi connectivity index (χ1n) is 6.17. The molecule has 1 heterocycles. The molecule has 102 valence electrons. The Hall–Kier alpha value is -0.520. The van der Waals surface area contributed by atoms with Crippen molar-refractivity contribution in [1.29, 1.82) is 0 Å². The fourth-order valence-corrected chi connectivity index (χ4v) is 3.33. The molecule has 0 radical (unpaired) electrons. The molecule has 0 atom stereocenters. The molecular formula is C13H21NO2S2. The van der Waals surface area contributed by atoms with Gasteiger partial charge in [0.05, 0.1) is 17.9 Å². The molecule has 1 rings (SSSR count). The molecule has 0 aliphatic rings. The number of aliphatic hydroxyl groups is 1. The van der Waals surface area contributed by atoms with E-state index in [4.69, 9.17) is 0 Å². The van der Waals surface area contributed by atoms with E-state index in [1.165, 1.54) is 4.88 Å². The lowest BCUT2D eigenvalue weighted by atomic mass is 9.94. The van der Waals surface area contributed by atoms with Crippen molar-refractivity contribution in [2.24, 2.45) is 0 Å². The zero-order chi connectivity index (χ0) is 13.4. The minimum Gasteiger partial charge on any atom is -0.394 e. The quantitative estimate of drug-likeness (QED) is 0.773. The normalized spacial score (nSPS) is 11.5. The van der Waals surface area contributed by atoms with Crippen LogP contribution in [0, 0.1) is 0 Å². The second kappa shape index (κ2) is 7.81. The van der Waals surface area contributed by atoms with Crippen molar-refractivity contribution < 1.29 is 9.90 Å². The van der Waals surface area contributed by atoms with Gasteiger partial charge in [-0.3, -0.25) is 4.79 Å². The molecule has 0 fully saturated rings. The van der Waals surface area contributed by atoms with Crippen molar-refractivity contribution in [2.75, 3.05) is 12.4 Å². The van der Waals surface area contributed by atoms with Crippen LogP contribution in [-0.4, -0.2) is 28.9 Å². The Morgan fingerprint density at radius 2 is 2.22 bits per heavy atom. The van der Waals surface area contributed by atoms with Crippen molar-refractivity contribution in [3.63, 3.8) is 0 Å². The third kappa shape index (κ3) is 4.63. The third-order valence-corrected chi connectivity index (χ3v) is 5.16. The minimum absolute atomic E-state index is 0.00132. The van der Waals surface area contributed by atoms with Crippen LogP contribution in [0.4, 0.5) is 0 Å². The second-order valence-corrected chi connectivity index (χ2v) is 6.28. The summed E-state index contributed by atoms with van der Waals surface area (Å²) in [6, 6.07) is 4.09. The fraction of sp³-hybridized carbons (Fsp3) is 0.615. The van der Waals surface area contributed by atoms with Gasteiger partial charge in [-0.2, -0.15) is 0 Å². The van der Waals surface area contributed by atoms with Gasteiger partial charge < -0.3 is 10.4 Å². The highest BCUT2D eigenvalue weighted by Gasteiger charge is 2.26. The molecule has 0 aliphatic heterocycles. The lowest BCUT2D eigenvalue weighted by molar-refractivity contribution is -0.121. The van der Waals surface area contributed by atoms with Gasteiger partial charge in [0.1, 0.15) is 0 Å². The van der Waals surface area contributed by atoms with Crippen LogP contribution in [0.3, 0.4) is 0 Å². The summed E-state index contributed by atoms with van der Waals surface area (Å²) in [7, 11) is 0. The van der Waals surface area contributed by atoms with Crippen LogP contribution in [-0.2, 0) is 10.5 Å². The molecule has 0 saturated heterocycles. The standard InChI is InChI=1S/C13H21NO2S2/c1-3-13(4-2,10-15)14-12(16)9-17-8-11-6-5-7-18-11/h5-7,15H,3-4,8-10H2,1-2H3,(H,14,16). The summed E-state index contributed by atoms with van der Waals surface area (Å²) in [5.41, 5.74) is -0.444. The molecule has 0 bridgehead atoms. The van der Waals surface area contributed by atoms with Crippen molar-refractivity contribution in [2.45, 2.75) is 38.0 Å². The summed E-state index contributed by atoms with van der Waals surface area (Å²) in [6.07, 6.45) is 1.50. The Kier molecular flexibility index (Phi) is 6.75. The van der Waals surface area contributed by atoms with Crippen LogP contribution in [0.25, 0.3) is 0 Å². The summed E-state index contributed by atoms with van der Waals surface area (Å²) in [5, 5.41) is 14.4. The highest BCUT2D eigenvalue weighted by Crippen LogP contribution is 2.18. The Morgan fingerprint density at radius 1 is 1.50 bits per heavy atom. The lowest BCUT2D eigenvalue weighted by Gasteiger charge is -2.30. The van der Waals surface area contributed by atoms with Gasteiger partial charge in [-0.05, 0) is 24.3 Å². The molecule has 5 heteroatoms. The number of carbonyl (C=O) groups is 1. The number of nitrogens with one attached hydrogen (secondary N) is 1. The molecular weight excluding hydrogens is 266 g/mol. The molecule has 0 unspecified atom stereocenters. The van der Waals surface area contributed by atoms with Crippen molar-refractivity contribution >= 4 is 29.0 Å². The van der Waals surface area contributed by atoms with E-state index in [2.05, 4.69) is 11.4 Å². The smallest absolute Gasteiger partial charge is 0.230 e. The number of rotatable bonds is 8. The van der Waals surface area contributed by atoms with Crippen molar-refractivity contribution in [3.05, 3.63) is 22.4 Å². The van der Waals surface area contributed by atoms with Gasteiger partial charge in [0.25, 0.3) is 0 Å². The van der Waals surface area contributed by atoms with Crippen LogP contribution in [0.5, 0.6) is 0 Å². The highest BCUT2D eigenvalue weighted by molar-refractivity contribution is 7.99. The number of thiophene rings is 1. The van der Waals surface area contributed by atoms with E-state index in [0.29, 0.717) is 5.75 Å². The van der Waals surface area contributed by atoms with E-state index in [1.807, 2.05) is 25.3 Å². The van der Waals surface area contributed by atoms with Gasteiger partial charge in [0, 0.05) is 10.6 Å². The minimum atomic E-state index is -0.444. The Morgan fingerprint density at radius 3 is 2.72 bits per heavy atom. The number of hydrogen-bond donors (Lipinski definition) is 2. The predicted octanol–water partition coefficient (Wildman–Crippen LogP) is 2.65. The Bertz CT molecular complexity index is 340. The summed E-state index contributed by atoms with van der Waals surface area (Å²) >= 11 is 3.32. The number of amides is 1. The molecule has 0 aliphatic carbocycles. The zero-order valence-corrected chi connectivity index (χ0v) is 12.6. The summed E-state index contributed by atoms with van der Waals surface area (Å²) < 4.78 is 0. The van der Waals surface area contributed by atoms with Crippen LogP contribution in [0.1, 0.15) is 31.6 Å². The van der Waals surface area contributed by atoms with Crippen molar-refractivity contribution in [3.8, 4) is 0 Å². The molecule has 3 nitrogen and oxygen atoms in total. The first kappa shape index (κ1) is 15.5. The third-order valence-electron chi connectivity index (χ3n) is 3.12. The van der Waals surface area contributed by atoms with E-state index in [9.17, 15) is 9.90 Å². The molecule has 0 spiro atoms. The second-order valence-electron chi connectivity index (χ2n) is 4.27. The van der Waals surface area contributed by atoms with Gasteiger partial charge in [0.15, 0.2) is 0 Å². The summed E-state index contributed by atoms with van der Waals surface area (Å²) in [6.45, 7) is 3.97.